The Kier molecular flexibility index (Phi) is 5.32. The standard InChI is InChI=1S/C13H19N3O2/c1-3-5-12(17)15-10-6-4-7-11(8-10)16-13(18)9(2)14/h4,6-9H,3,5,14H2,1-2H3,(H,15,17)(H,16,18)/t9-/m1/s1. The molecule has 1 aromatic carbocycles. The third kappa shape index (κ3) is 4.55. The number of hydrogen-bond acceptors (Lipinski definition) is 3. The molecule has 5 heteroatoms. The number of carbonyl (C=O) groups is 2. The first-order chi connectivity index (χ1) is 8.52. The number of nitrogens with one attached hydrogen (secondary N) is 2. The summed E-state index contributed by atoms with van der Waals surface area (Å²) in [4.78, 5) is 22.9. The highest BCUT2D eigenvalue weighted by atomic mass is 16.2. The zero-order valence-corrected chi connectivity index (χ0v) is 10.7. The number of carbonyl (C=O) groups excluding carboxylic acids is 2. The summed E-state index contributed by atoms with van der Waals surface area (Å²) in [5.41, 5.74) is 6.74. The van der Waals surface area contributed by atoms with Crippen LogP contribution in [0.25, 0.3) is 0 Å². The van der Waals surface area contributed by atoms with Crippen molar-refractivity contribution in [3.8, 4) is 0 Å². The summed E-state index contributed by atoms with van der Waals surface area (Å²) in [5, 5.41) is 5.44. The molecular weight excluding hydrogens is 230 g/mol. The molecule has 0 fully saturated rings. The molecule has 0 radical (unpaired) electrons. The molecule has 18 heavy (non-hydrogen) atoms. The number of benzene rings is 1. The van der Waals surface area contributed by atoms with Crippen molar-refractivity contribution in [3.05, 3.63) is 24.3 Å². The lowest BCUT2D eigenvalue weighted by atomic mass is 10.2. The van der Waals surface area contributed by atoms with E-state index in [9.17, 15) is 9.59 Å². The van der Waals surface area contributed by atoms with E-state index in [1.54, 1.807) is 31.2 Å². The minimum Gasteiger partial charge on any atom is -0.326 e. The van der Waals surface area contributed by atoms with Gasteiger partial charge in [-0.25, -0.2) is 0 Å². The van der Waals surface area contributed by atoms with Crippen molar-refractivity contribution in [3.63, 3.8) is 0 Å². The molecule has 98 valence electrons. The molecule has 0 aliphatic rings. The van der Waals surface area contributed by atoms with Gasteiger partial charge in [-0.2, -0.15) is 0 Å². The summed E-state index contributed by atoms with van der Waals surface area (Å²) in [5.74, 6) is -0.291. The van der Waals surface area contributed by atoms with E-state index in [-0.39, 0.29) is 11.8 Å². The van der Waals surface area contributed by atoms with E-state index in [0.717, 1.165) is 6.42 Å². The number of nitrogens with two attached hydrogens (primary N) is 1. The van der Waals surface area contributed by atoms with Gasteiger partial charge in [-0.1, -0.05) is 13.0 Å². The summed E-state index contributed by atoms with van der Waals surface area (Å²) in [7, 11) is 0. The van der Waals surface area contributed by atoms with Crippen LogP contribution < -0.4 is 16.4 Å². The van der Waals surface area contributed by atoms with E-state index >= 15 is 0 Å². The number of amides is 2. The molecule has 0 aliphatic carbocycles. The van der Waals surface area contributed by atoms with E-state index in [1.807, 2.05) is 6.92 Å². The molecule has 5 nitrogen and oxygen atoms in total. The van der Waals surface area contributed by atoms with E-state index in [4.69, 9.17) is 5.73 Å². The molecule has 4 N–H and O–H groups in total. The second-order valence-corrected chi connectivity index (χ2v) is 4.16. The Morgan fingerprint density at radius 1 is 1.28 bits per heavy atom. The van der Waals surface area contributed by atoms with Gasteiger partial charge in [0.25, 0.3) is 0 Å². The summed E-state index contributed by atoms with van der Waals surface area (Å²) in [6.07, 6.45) is 1.28. The van der Waals surface area contributed by atoms with Gasteiger partial charge in [0.2, 0.25) is 11.8 Å². The normalized spacial score (nSPS) is 11.7. The lowest BCUT2D eigenvalue weighted by Gasteiger charge is -2.10. The molecule has 0 spiro atoms. The Labute approximate surface area is 107 Å². The summed E-state index contributed by atoms with van der Waals surface area (Å²) in [6.45, 7) is 3.56. The molecule has 0 heterocycles. The van der Waals surface area contributed by atoms with Crippen LogP contribution in [0.2, 0.25) is 0 Å². The summed E-state index contributed by atoms with van der Waals surface area (Å²) < 4.78 is 0. The van der Waals surface area contributed by atoms with Crippen LogP contribution in [-0.2, 0) is 9.59 Å². The molecule has 0 saturated carbocycles. The molecule has 0 bridgehead atoms. The predicted octanol–water partition coefficient (Wildman–Crippen LogP) is 1.71. The molecule has 0 unspecified atom stereocenters. The van der Waals surface area contributed by atoms with Crippen LogP contribution in [0, 0.1) is 0 Å². The third-order valence-corrected chi connectivity index (χ3v) is 2.30. The van der Waals surface area contributed by atoms with Crippen LogP contribution in [0.4, 0.5) is 11.4 Å². The first-order valence-corrected chi connectivity index (χ1v) is 5.99. The Balaban J connectivity index is 2.67. The predicted molar refractivity (Wildman–Crippen MR) is 72.3 cm³/mol. The van der Waals surface area contributed by atoms with Crippen molar-refractivity contribution >= 4 is 23.2 Å². The summed E-state index contributed by atoms with van der Waals surface area (Å²) in [6, 6.07) is 6.42. The number of anilines is 2. The second kappa shape index (κ2) is 6.76. The Bertz CT molecular complexity index is 430. The molecule has 0 aliphatic heterocycles. The van der Waals surface area contributed by atoms with Gasteiger partial charge in [-0.3, -0.25) is 9.59 Å². The van der Waals surface area contributed by atoms with E-state index < -0.39 is 6.04 Å². The quantitative estimate of drug-likeness (QED) is 0.742. The largest absolute Gasteiger partial charge is 0.326 e. The lowest BCUT2D eigenvalue weighted by Crippen LogP contribution is -2.32. The van der Waals surface area contributed by atoms with Gasteiger partial charge >= 0.3 is 0 Å². The molecule has 1 atom stereocenters. The third-order valence-electron chi connectivity index (χ3n) is 2.30. The average Bonchev–Trinajstić information content (AvgIpc) is 2.29. The fourth-order valence-corrected chi connectivity index (χ4v) is 1.38. The molecule has 1 rings (SSSR count). The van der Waals surface area contributed by atoms with E-state index in [2.05, 4.69) is 10.6 Å². The van der Waals surface area contributed by atoms with Gasteiger partial charge in [0, 0.05) is 17.8 Å². The fraction of sp³-hybridized carbons (Fsp3) is 0.385. The molecule has 0 aromatic heterocycles. The highest BCUT2D eigenvalue weighted by Gasteiger charge is 2.08. The molecule has 1 aromatic rings. The second-order valence-electron chi connectivity index (χ2n) is 4.16. The average molecular weight is 249 g/mol. The Morgan fingerprint density at radius 3 is 2.44 bits per heavy atom. The topological polar surface area (TPSA) is 84.2 Å². The zero-order valence-electron chi connectivity index (χ0n) is 10.7. The fourth-order valence-electron chi connectivity index (χ4n) is 1.38. The minimum atomic E-state index is -0.566. The van der Waals surface area contributed by atoms with Crippen molar-refractivity contribution in [2.24, 2.45) is 5.73 Å². The van der Waals surface area contributed by atoms with Crippen molar-refractivity contribution in [1.82, 2.24) is 0 Å². The molecular formula is C13H19N3O2. The van der Waals surface area contributed by atoms with Crippen molar-refractivity contribution < 1.29 is 9.59 Å². The Morgan fingerprint density at radius 2 is 1.89 bits per heavy atom. The van der Waals surface area contributed by atoms with Gasteiger partial charge in [0.1, 0.15) is 0 Å². The minimum absolute atomic E-state index is 0.0341. The van der Waals surface area contributed by atoms with E-state index in [0.29, 0.717) is 17.8 Å². The maximum atomic E-state index is 11.4. The van der Waals surface area contributed by atoms with Gasteiger partial charge in [0.15, 0.2) is 0 Å². The first-order valence-electron chi connectivity index (χ1n) is 5.99. The van der Waals surface area contributed by atoms with E-state index in [1.165, 1.54) is 0 Å². The number of rotatable bonds is 5. The van der Waals surface area contributed by atoms with Gasteiger partial charge in [-0.05, 0) is 31.5 Å². The lowest BCUT2D eigenvalue weighted by molar-refractivity contribution is -0.117. The van der Waals surface area contributed by atoms with Crippen molar-refractivity contribution in [2.75, 3.05) is 10.6 Å². The van der Waals surface area contributed by atoms with Gasteiger partial charge in [-0.15, -0.1) is 0 Å². The van der Waals surface area contributed by atoms with Crippen LogP contribution in [0.1, 0.15) is 26.7 Å². The number of hydrogen-bond donors (Lipinski definition) is 3. The van der Waals surface area contributed by atoms with Crippen LogP contribution in [0.5, 0.6) is 0 Å². The molecule has 0 saturated heterocycles. The van der Waals surface area contributed by atoms with Gasteiger partial charge in [0.05, 0.1) is 6.04 Å². The van der Waals surface area contributed by atoms with Gasteiger partial charge < -0.3 is 16.4 Å². The maximum Gasteiger partial charge on any atom is 0.240 e. The monoisotopic (exact) mass is 249 g/mol. The smallest absolute Gasteiger partial charge is 0.240 e. The van der Waals surface area contributed by atoms with Crippen LogP contribution in [0.3, 0.4) is 0 Å². The van der Waals surface area contributed by atoms with Crippen LogP contribution in [0.15, 0.2) is 24.3 Å². The Hall–Kier alpha value is -1.88. The first kappa shape index (κ1) is 14.2. The summed E-state index contributed by atoms with van der Waals surface area (Å²) >= 11 is 0. The zero-order chi connectivity index (χ0) is 13.5. The molecule has 2 amide bonds. The van der Waals surface area contributed by atoms with Crippen molar-refractivity contribution in [2.45, 2.75) is 32.7 Å². The SMILES string of the molecule is CCCC(=O)Nc1cccc(NC(=O)[C@@H](C)N)c1. The maximum absolute atomic E-state index is 11.4. The highest BCUT2D eigenvalue weighted by molar-refractivity contribution is 5.96. The highest BCUT2D eigenvalue weighted by Crippen LogP contribution is 2.15. The van der Waals surface area contributed by atoms with Crippen molar-refractivity contribution in [1.29, 1.82) is 0 Å². The van der Waals surface area contributed by atoms with Crippen LogP contribution in [-0.4, -0.2) is 17.9 Å². The van der Waals surface area contributed by atoms with Crippen LogP contribution >= 0.6 is 0 Å².